The number of urea groups is 1. The zero-order valence-electron chi connectivity index (χ0n) is 15.6. The number of benzene rings is 1. The molecule has 0 aliphatic rings. The largest absolute Gasteiger partial charge is 0.468 e. The molecule has 168 valence electrons. The molecule has 3 N–H and O–H groups in total. The summed E-state index contributed by atoms with van der Waals surface area (Å²) in [6.07, 6.45) is -3.26. The van der Waals surface area contributed by atoms with Gasteiger partial charge in [0.05, 0.1) is 23.3 Å². The van der Waals surface area contributed by atoms with Gasteiger partial charge in [-0.3, -0.25) is 10.1 Å². The van der Waals surface area contributed by atoms with E-state index in [2.05, 4.69) is 9.46 Å². The standard InChI is InChI=1S/C17H16F3N3O7S/c18-17(19,20)10-21-16(26)23-14(24)9-30-15(25)11-3-5-13(6-4-11)31(27,28)22-8-12-2-1-7-29-12/h1-7,22H,8-10H2,(H2,21,23,24,26). The molecule has 0 saturated carbocycles. The topological polar surface area (TPSA) is 144 Å². The second-order valence-corrected chi connectivity index (χ2v) is 7.62. The van der Waals surface area contributed by atoms with Crippen LogP contribution in [0.2, 0.25) is 0 Å². The number of rotatable bonds is 8. The highest BCUT2D eigenvalue weighted by atomic mass is 32.2. The minimum absolute atomic E-state index is 0.0786. The number of halogens is 3. The zero-order chi connectivity index (χ0) is 23.1. The Kier molecular flexibility index (Phi) is 7.77. The van der Waals surface area contributed by atoms with E-state index in [4.69, 9.17) is 4.42 Å². The third kappa shape index (κ3) is 8.10. The van der Waals surface area contributed by atoms with Crippen molar-refractivity contribution in [2.45, 2.75) is 17.6 Å². The number of amides is 3. The molecule has 0 spiro atoms. The number of alkyl halides is 3. The van der Waals surface area contributed by atoms with Gasteiger partial charge in [-0.05, 0) is 36.4 Å². The molecule has 0 aliphatic carbocycles. The van der Waals surface area contributed by atoms with Crippen molar-refractivity contribution in [3.05, 3.63) is 54.0 Å². The number of hydrogen-bond acceptors (Lipinski definition) is 7. The lowest BCUT2D eigenvalue weighted by Gasteiger charge is -2.09. The molecule has 31 heavy (non-hydrogen) atoms. The number of carbonyl (C=O) groups excluding carboxylic acids is 3. The predicted molar refractivity (Wildman–Crippen MR) is 97.1 cm³/mol. The van der Waals surface area contributed by atoms with Crippen molar-refractivity contribution in [2.75, 3.05) is 13.2 Å². The van der Waals surface area contributed by atoms with E-state index in [1.807, 2.05) is 0 Å². The van der Waals surface area contributed by atoms with E-state index in [1.165, 1.54) is 11.6 Å². The Balaban J connectivity index is 1.83. The minimum Gasteiger partial charge on any atom is -0.468 e. The molecule has 0 fully saturated rings. The lowest BCUT2D eigenvalue weighted by molar-refractivity contribution is -0.125. The number of nitrogens with one attached hydrogen (secondary N) is 3. The van der Waals surface area contributed by atoms with Crippen molar-refractivity contribution < 1.29 is 45.1 Å². The van der Waals surface area contributed by atoms with Gasteiger partial charge in [0.2, 0.25) is 10.0 Å². The van der Waals surface area contributed by atoms with Crippen LogP contribution in [0, 0.1) is 0 Å². The number of carbonyl (C=O) groups is 3. The van der Waals surface area contributed by atoms with Crippen LogP contribution in [-0.2, 0) is 26.1 Å². The predicted octanol–water partition coefficient (Wildman–Crippen LogP) is 1.30. The summed E-state index contributed by atoms with van der Waals surface area (Å²) in [7, 11) is -3.88. The average Bonchev–Trinajstić information content (AvgIpc) is 3.22. The van der Waals surface area contributed by atoms with E-state index in [1.54, 1.807) is 17.4 Å². The molecule has 14 heteroatoms. The Labute approximate surface area is 173 Å². The van der Waals surface area contributed by atoms with Crippen LogP contribution in [-0.4, -0.2) is 45.7 Å². The van der Waals surface area contributed by atoms with E-state index in [9.17, 15) is 36.0 Å². The minimum atomic E-state index is -4.65. The molecule has 0 radical (unpaired) electrons. The summed E-state index contributed by atoms with van der Waals surface area (Å²) in [5.41, 5.74) is -0.0979. The van der Waals surface area contributed by atoms with Gasteiger partial charge in [0, 0.05) is 0 Å². The lowest BCUT2D eigenvalue weighted by atomic mass is 10.2. The fourth-order valence-corrected chi connectivity index (χ4v) is 3.03. The first kappa shape index (κ1) is 23.9. The Morgan fingerprint density at radius 3 is 2.32 bits per heavy atom. The van der Waals surface area contributed by atoms with Gasteiger partial charge >= 0.3 is 18.2 Å². The SMILES string of the molecule is O=C(COC(=O)c1ccc(S(=O)(=O)NCc2ccco2)cc1)NC(=O)NCC(F)(F)F. The second kappa shape index (κ2) is 10.1. The molecule has 0 unspecified atom stereocenters. The molecule has 2 aromatic rings. The molecule has 1 aromatic heterocycles. The van der Waals surface area contributed by atoms with Gasteiger partial charge < -0.3 is 14.5 Å². The van der Waals surface area contributed by atoms with Gasteiger partial charge in [0.1, 0.15) is 12.3 Å². The van der Waals surface area contributed by atoms with Gasteiger partial charge in [-0.15, -0.1) is 0 Å². The summed E-state index contributed by atoms with van der Waals surface area (Å²) < 4.78 is 72.3. The molecule has 3 amide bonds. The molecular formula is C17H16F3N3O7S. The van der Waals surface area contributed by atoms with E-state index < -0.39 is 47.3 Å². The maximum Gasteiger partial charge on any atom is 0.405 e. The third-order valence-electron chi connectivity index (χ3n) is 3.45. The van der Waals surface area contributed by atoms with Gasteiger partial charge in [-0.1, -0.05) is 0 Å². The molecule has 1 heterocycles. The van der Waals surface area contributed by atoms with Crippen molar-refractivity contribution in [1.82, 2.24) is 15.4 Å². The number of esters is 1. The molecule has 0 bridgehead atoms. The molecule has 10 nitrogen and oxygen atoms in total. The van der Waals surface area contributed by atoms with Crippen molar-refractivity contribution >= 4 is 27.9 Å². The summed E-state index contributed by atoms with van der Waals surface area (Å²) in [6.45, 7) is -2.66. The molecule has 0 saturated heterocycles. The van der Waals surface area contributed by atoms with Crippen molar-refractivity contribution in [3.8, 4) is 0 Å². The van der Waals surface area contributed by atoms with E-state index in [0.29, 0.717) is 5.76 Å². The molecule has 0 atom stereocenters. The summed E-state index contributed by atoms with van der Waals surface area (Å²) in [4.78, 5) is 34.3. The summed E-state index contributed by atoms with van der Waals surface area (Å²) in [5.74, 6) is -1.78. The summed E-state index contributed by atoms with van der Waals surface area (Å²) in [6, 6.07) is 6.30. The molecular weight excluding hydrogens is 447 g/mol. The van der Waals surface area contributed by atoms with Crippen LogP contribution in [0.4, 0.5) is 18.0 Å². The van der Waals surface area contributed by atoms with Crippen LogP contribution >= 0.6 is 0 Å². The third-order valence-corrected chi connectivity index (χ3v) is 4.87. The van der Waals surface area contributed by atoms with Crippen molar-refractivity contribution in [1.29, 1.82) is 0 Å². The van der Waals surface area contributed by atoms with Gasteiger partial charge in [-0.2, -0.15) is 13.2 Å². The number of furan rings is 1. The maximum absolute atomic E-state index is 12.2. The van der Waals surface area contributed by atoms with Crippen LogP contribution < -0.4 is 15.4 Å². The number of hydrogen-bond donors (Lipinski definition) is 3. The first-order chi connectivity index (χ1) is 14.5. The summed E-state index contributed by atoms with van der Waals surface area (Å²) >= 11 is 0. The monoisotopic (exact) mass is 463 g/mol. The highest BCUT2D eigenvalue weighted by Crippen LogP contribution is 2.13. The van der Waals surface area contributed by atoms with Gasteiger partial charge in [0.25, 0.3) is 5.91 Å². The number of imide groups is 1. The van der Waals surface area contributed by atoms with E-state index in [0.717, 1.165) is 24.3 Å². The number of ether oxygens (including phenoxy) is 1. The Morgan fingerprint density at radius 1 is 1.06 bits per heavy atom. The average molecular weight is 463 g/mol. The smallest absolute Gasteiger partial charge is 0.405 e. The quantitative estimate of drug-likeness (QED) is 0.501. The fourth-order valence-electron chi connectivity index (χ4n) is 2.03. The Hall–Kier alpha value is -3.39. The van der Waals surface area contributed by atoms with Crippen molar-refractivity contribution in [2.24, 2.45) is 0 Å². The van der Waals surface area contributed by atoms with Crippen LogP contribution in [0.5, 0.6) is 0 Å². The van der Waals surface area contributed by atoms with E-state index >= 15 is 0 Å². The van der Waals surface area contributed by atoms with Crippen LogP contribution in [0.1, 0.15) is 16.1 Å². The van der Waals surface area contributed by atoms with Crippen molar-refractivity contribution in [3.63, 3.8) is 0 Å². The number of sulfonamides is 1. The van der Waals surface area contributed by atoms with Crippen LogP contribution in [0.3, 0.4) is 0 Å². The van der Waals surface area contributed by atoms with Gasteiger partial charge in [0.15, 0.2) is 6.61 Å². The molecule has 1 aromatic carbocycles. The van der Waals surface area contributed by atoms with Gasteiger partial charge in [-0.25, -0.2) is 22.7 Å². The first-order valence-corrected chi connectivity index (χ1v) is 9.88. The Morgan fingerprint density at radius 2 is 1.74 bits per heavy atom. The maximum atomic E-state index is 12.2. The molecule has 2 rings (SSSR count). The van der Waals surface area contributed by atoms with E-state index in [-0.39, 0.29) is 17.0 Å². The first-order valence-electron chi connectivity index (χ1n) is 8.40. The molecule has 0 aliphatic heterocycles. The highest BCUT2D eigenvalue weighted by molar-refractivity contribution is 7.89. The second-order valence-electron chi connectivity index (χ2n) is 5.85. The van der Waals surface area contributed by atoms with Crippen LogP contribution in [0.15, 0.2) is 52.0 Å². The summed E-state index contributed by atoms with van der Waals surface area (Å²) in [5, 5.41) is 2.96. The van der Waals surface area contributed by atoms with Crippen LogP contribution in [0.25, 0.3) is 0 Å². The fraction of sp³-hybridized carbons (Fsp3) is 0.235. The zero-order valence-corrected chi connectivity index (χ0v) is 16.4. The lowest BCUT2D eigenvalue weighted by Crippen LogP contribution is -2.44. The normalized spacial score (nSPS) is 11.6. The highest BCUT2D eigenvalue weighted by Gasteiger charge is 2.28. The Bertz CT molecular complexity index is 1020.